The molecular weight excluding hydrogens is 220 g/mol. The molecule has 1 aromatic carbocycles. The smallest absolute Gasteiger partial charge is 0.310 e. The number of carbonyl (C=O) groups excluding carboxylic acids is 1. The van der Waals surface area contributed by atoms with Gasteiger partial charge in [0.15, 0.2) is 0 Å². The van der Waals surface area contributed by atoms with Crippen LogP contribution in [0.25, 0.3) is 0 Å². The van der Waals surface area contributed by atoms with Crippen LogP contribution in [0.1, 0.15) is 26.3 Å². The fourth-order valence-electron chi connectivity index (χ4n) is 1.39. The molecule has 0 amide bonds. The van der Waals surface area contributed by atoms with E-state index in [9.17, 15) is 4.79 Å². The molecule has 0 N–H and O–H groups in total. The summed E-state index contributed by atoms with van der Waals surface area (Å²) < 4.78 is 4.96. The molecule has 0 saturated heterocycles. The first kappa shape index (κ1) is 13.1. The molecule has 1 aromatic rings. The third-order valence-corrected chi connectivity index (χ3v) is 3.10. The minimum absolute atomic E-state index is 0.153. The van der Waals surface area contributed by atoms with Crippen LogP contribution in [0, 0.1) is 0 Å². The van der Waals surface area contributed by atoms with E-state index in [0.717, 1.165) is 5.56 Å². The number of thioether (sulfide) groups is 1. The van der Waals surface area contributed by atoms with Gasteiger partial charge in [0.1, 0.15) is 0 Å². The van der Waals surface area contributed by atoms with Crippen LogP contribution >= 0.6 is 11.8 Å². The zero-order chi connectivity index (χ0) is 12.0. The normalized spacial score (nSPS) is 10.5. The van der Waals surface area contributed by atoms with E-state index < -0.39 is 0 Å². The summed E-state index contributed by atoms with van der Waals surface area (Å²) in [6, 6.07) is 8.00. The Labute approximate surface area is 101 Å². The topological polar surface area (TPSA) is 26.3 Å². The third-order valence-electron chi connectivity index (χ3n) is 1.98. The molecule has 88 valence electrons. The van der Waals surface area contributed by atoms with E-state index in [1.807, 2.05) is 25.1 Å². The zero-order valence-electron chi connectivity index (χ0n) is 10.0. The van der Waals surface area contributed by atoms with Crippen molar-refractivity contribution in [1.29, 1.82) is 0 Å². The second-order valence-electron chi connectivity index (χ2n) is 3.76. The number of carbonyl (C=O) groups is 1. The first-order valence-corrected chi connectivity index (χ1v) is 6.41. The van der Waals surface area contributed by atoms with Crippen LogP contribution in [0.5, 0.6) is 0 Å². The Morgan fingerprint density at radius 2 is 2.06 bits per heavy atom. The van der Waals surface area contributed by atoms with E-state index in [2.05, 4.69) is 19.9 Å². The maximum atomic E-state index is 11.4. The third kappa shape index (κ3) is 4.27. The summed E-state index contributed by atoms with van der Waals surface area (Å²) in [6.07, 6.45) is 0.365. The largest absolute Gasteiger partial charge is 0.466 e. The minimum Gasteiger partial charge on any atom is -0.466 e. The number of rotatable bonds is 5. The van der Waals surface area contributed by atoms with E-state index in [4.69, 9.17) is 4.74 Å². The Bertz CT molecular complexity index is 348. The lowest BCUT2D eigenvalue weighted by Gasteiger charge is -2.10. The molecule has 0 heterocycles. The summed E-state index contributed by atoms with van der Waals surface area (Å²) in [7, 11) is 0. The molecule has 0 aliphatic carbocycles. The molecule has 0 fully saturated rings. The van der Waals surface area contributed by atoms with E-state index in [1.165, 1.54) is 4.90 Å². The second-order valence-corrected chi connectivity index (χ2v) is 5.37. The van der Waals surface area contributed by atoms with Crippen molar-refractivity contribution in [2.75, 3.05) is 6.61 Å². The van der Waals surface area contributed by atoms with Gasteiger partial charge in [0.05, 0.1) is 13.0 Å². The number of benzene rings is 1. The minimum atomic E-state index is -0.153. The SMILES string of the molecule is CCOC(=O)Cc1ccccc1SC(C)C. The lowest BCUT2D eigenvalue weighted by atomic mass is 10.1. The van der Waals surface area contributed by atoms with Gasteiger partial charge >= 0.3 is 5.97 Å². The van der Waals surface area contributed by atoms with E-state index >= 15 is 0 Å². The van der Waals surface area contributed by atoms with Crippen LogP contribution in [-0.2, 0) is 16.0 Å². The molecule has 0 saturated carbocycles. The predicted octanol–water partition coefficient (Wildman–Crippen LogP) is 3.29. The lowest BCUT2D eigenvalue weighted by molar-refractivity contribution is -0.142. The number of hydrogen-bond acceptors (Lipinski definition) is 3. The van der Waals surface area contributed by atoms with Crippen molar-refractivity contribution in [2.24, 2.45) is 0 Å². The molecule has 0 spiro atoms. The van der Waals surface area contributed by atoms with Crippen molar-refractivity contribution in [1.82, 2.24) is 0 Å². The van der Waals surface area contributed by atoms with Crippen LogP contribution in [0.15, 0.2) is 29.2 Å². The second kappa shape index (κ2) is 6.59. The fraction of sp³-hybridized carbons (Fsp3) is 0.462. The maximum absolute atomic E-state index is 11.4. The van der Waals surface area contributed by atoms with Crippen LogP contribution in [-0.4, -0.2) is 17.8 Å². The molecule has 2 nitrogen and oxygen atoms in total. The first-order valence-electron chi connectivity index (χ1n) is 5.53. The summed E-state index contributed by atoms with van der Waals surface area (Å²) in [6.45, 7) is 6.56. The van der Waals surface area contributed by atoms with Gasteiger partial charge in [0.25, 0.3) is 0 Å². The summed E-state index contributed by atoms with van der Waals surface area (Å²) >= 11 is 1.78. The number of esters is 1. The fourth-order valence-corrected chi connectivity index (χ4v) is 2.34. The van der Waals surface area contributed by atoms with Gasteiger partial charge in [-0.15, -0.1) is 11.8 Å². The van der Waals surface area contributed by atoms with E-state index in [1.54, 1.807) is 11.8 Å². The molecule has 0 unspecified atom stereocenters. The monoisotopic (exact) mass is 238 g/mol. The van der Waals surface area contributed by atoms with Crippen molar-refractivity contribution in [3.63, 3.8) is 0 Å². The molecule has 3 heteroatoms. The highest BCUT2D eigenvalue weighted by Gasteiger charge is 2.09. The first-order chi connectivity index (χ1) is 7.63. The van der Waals surface area contributed by atoms with Crippen molar-refractivity contribution >= 4 is 17.7 Å². The quantitative estimate of drug-likeness (QED) is 0.581. The Hall–Kier alpha value is -0.960. The average Bonchev–Trinajstić information content (AvgIpc) is 2.20. The van der Waals surface area contributed by atoms with Gasteiger partial charge in [-0.05, 0) is 18.6 Å². The van der Waals surface area contributed by atoms with Crippen molar-refractivity contribution in [3.8, 4) is 0 Å². The van der Waals surface area contributed by atoms with Crippen LogP contribution in [0.2, 0.25) is 0 Å². The Kier molecular flexibility index (Phi) is 5.39. The maximum Gasteiger partial charge on any atom is 0.310 e. The Morgan fingerprint density at radius 3 is 2.69 bits per heavy atom. The van der Waals surface area contributed by atoms with Crippen LogP contribution in [0.4, 0.5) is 0 Å². The Morgan fingerprint density at radius 1 is 1.38 bits per heavy atom. The van der Waals surface area contributed by atoms with Gasteiger partial charge in [-0.1, -0.05) is 32.0 Å². The van der Waals surface area contributed by atoms with Crippen LogP contribution < -0.4 is 0 Å². The highest BCUT2D eigenvalue weighted by Crippen LogP contribution is 2.26. The molecule has 0 atom stereocenters. The summed E-state index contributed by atoms with van der Waals surface area (Å²) in [5.74, 6) is -0.153. The zero-order valence-corrected chi connectivity index (χ0v) is 10.8. The van der Waals surface area contributed by atoms with Gasteiger partial charge in [0, 0.05) is 10.1 Å². The van der Waals surface area contributed by atoms with Crippen LogP contribution in [0.3, 0.4) is 0 Å². The van der Waals surface area contributed by atoms with Gasteiger partial charge in [0.2, 0.25) is 0 Å². The summed E-state index contributed by atoms with van der Waals surface area (Å²) in [5, 5.41) is 0.517. The molecule has 1 rings (SSSR count). The molecule has 0 bridgehead atoms. The highest BCUT2D eigenvalue weighted by atomic mass is 32.2. The van der Waals surface area contributed by atoms with Gasteiger partial charge in [-0.25, -0.2) is 0 Å². The van der Waals surface area contributed by atoms with Gasteiger partial charge in [-0.3, -0.25) is 4.79 Å². The average molecular weight is 238 g/mol. The molecule has 0 aromatic heterocycles. The molecule has 16 heavy (non-hydrogen) atoms. The molecule has 0 aliphatic rings. The lowest BCUT2D eigenvalue weighted by Crippen LogP contribution is -2.08. The summed E-state index contributed by atoms with van der Waals surface area (Å²) in [4.78, 5) is 12.6. The molecule has 0 radical (unpaired) electrons. The number of hydrogen-bond donors (Lipinski definition) is 0. The molecular formula is C13H18O2S. The van der Waals surface area contributed by atoms with Gasteiger partial charge < -0.3 is 4.74 Å². The van der Waals surface area contributed by atoms with Crippen molar-refractivity contribution in [3.05, 3.63) is 29.8 Å². The standard InChI is InChI=1S/C13H18O2S/c1-4-15-13(14)9-11-7-5-6-8-12(11)16-10(2)3/h5-8,10H,4,9H2,1-3H3. The Balaban J connectivity index is 2.74. The predicted molar refractivity (Wildman–Crippen MR) is 67.8 cm³/mol. The molecule has 0 aliphatic heterocycles. The van der Waals surface area contributed by atoms with E-state index in [0.29, 0.717) is 18.3 Å². The highest BCUT2D eigenvalue weighted by molar-refractivity contribution is 8.00. The van der Waals surface area contributed by atoms with Crippen molar-refractivity contribution < 1.29 is 9.53 Å². The van der Waals surface area contributed by atoms with Gasteiger partial charge in [-0.2, -0.15) is 0 Å². The van der Waals surface area contributed by atoms with Crippen molar-refractivity contribution in [2.45, 2.75) is 37.3 Å². The number of ether oxygens (including phenoxy) is 1. The summed E-state index contributed by atoms with van der Waals surface area (Å²) in [5.41, 5.74) is 1.06. The van der Waals surface area contributed by atoms with E-state index in [-0.39, 0.29) is 5.97 Å².